The lowest BCUT2D eigenvalue weighted by Gasteiger charge is -2.18. The van der Waals surface area contributed by atoms with Crippen molar-refractivity contribution < 1.29 is 14.3 Å². The second-order valence-electron chi connectivity index (χ2n) is 6.18. The number of amides is 2. The quantitative estimate of drug-likeness (QED) is 0.771. The van der Waals surface area contributed by atoms with E-state index in [1.54, 1.807) is 24.1 Å². The van der Waals surface area contributed by atoms with Gasteiger partial charge in [-0.3, -0.25) is 9.59 Å². The van der Waals surface area contributed by atoms with Gasteiger partial charge in [-0.15, -0.1) is 0 Å². The lowest BCUT2D eigenvalue weighted by atomic mass is 10.1. The number of halogens is 2. The Morgan fingerprint density at radius 1 is 1.35 bits per heavy atom. The number of methoxy groups -OCH3 is 1. The van der Waals surface area contributed by atoms with Crippen LogP contribution >= 0.6 is 27.5 Å². The second kappa shape index (κ2) is 7.68. The molecule has 2 amide bonds. The van der Waals surface area contributed by atoms with Crippen molar-refractivity contribution in [1.82, 2.24) is 0 Å². The van der Waals surface area contributed by atoms with Crippen molar-refractivity contribution in [3.05, 3.63) is 51.5 Å². The summed E-state index contributed by atoms with van der Waals surface area (Å²) in [5.41, 5.74) is 2.27. The van der Waals surface area contributed by atoms with E-state index in [9.17, 15) is 9.59 Å². The normalized spacial score (nSPS) is 16.7. The number of anilines is 2. The molecule has 3 rings (SSSR count). The molecule has 1 N–H and O–H groups in total. The van der Waals surface area contributed by atoms with Crippen LogP contribution in [0.3, 0.4) is 0 Å². The summed E-state index contributed by atoms with van der Waals surface area (Å²) in [6.07, 6.45) is 0.173. The van der Waals surface area contributed by atoms with Crippen molar-refractivity contribution in [2.75, 3.05) is 23.9 Å². The van der Waals surface area contributed by atoms with E-state index in [0.717, 1.165) is 15.7 Å². The molecule has 1 fully saturated rings. The molecule has 0 bridgehead atoms. The molecular formula is C19H18BrClN2O3. The molecule has 0 aliphatic carbocycles. The van der Waals surface area contributed by atoms with E-state index in [0.29, 0.717) is 23.0 Å². The highest BCUT2D eigenvalue weighted by molar-refractivity contribution is 9.10. The van der Waals surface area contributed by atoms with Gasteiger partial charge in [0.15, 0.2) is 0 Å². The second-order valence-corrected chi connectivity index (χ2v) is 7.44. The topological polar surface area (TPSA) is 58.6 Å². The minimum atomic E-state index is -0.421. The smallest absolute Gasteiger partial charge is 0.229 e. The van der Waals surface area contributed by atoms with Gasteiger partial charge in [0.2, 0.25) is 11.8 Å². The third-order valence-corrected chi connectivity index (χ3v) is 5.58. The molecule has 1 aliphatic rings. The van der Waals surface area contributed by atoms with Crippen LogP contribution in [0.1, 0.15) is 12.0 Å². The largest absolute Gasteiger partial charge is 0.497 e. The van der Waals surface area contributed by atoms with E-state index in [1.165, 1.54) is 0 Å². The van der Waals surface area contributed by atoms with Crippen LogP contribution in [0.4, 0.5) is 11.4 Å². The first-order valence-corrected chi connectivity index (χ1v) is 9.27. The van der Waals surface area contributed by atoms with Crippen LogP contribution in [0.5, 0.6) is 5.75 Å². The molecule has 1 aliphatic heterocycles. The molecule has 2 aromatic rings. The predicted molar refractivity (Wildman–Crippen MR) is 106 cm³/mol. The highest BCUT2D eigenvalue weighted by atomic mass is 79.9. The molecule has 1 atom stereocenters. The van der Waals surface area contributed by atoms with E-state index < -0.39 is 5.92 Å². The van der Waals surface area contributed by atoms with Gasteiger partial charge >= 0.3 is 0 Å². The summed E-state index contributed by atoms with van der Waals surface area (Å²) in [5.74, 6) is -0.0203. The molecule has 7 heteroatoms. The molecular weight excluding hydrogens is 420 g/mol. The van der Waals surface area contributed by atoms with Gasteiger partial charge in [-0.25, -0.2) is 0 Å². The van der Waals surface area contributed by atoms with Crippen LogP contribution in [-0.4, -0.2) is 25.5 Å². The van der Waals surface area contributed by atoms with Gasteiger partial charge in [0.05, 0.1) is 18.1 Å². The Bertz CT molecular complexity index is 872. The SMILES string of the molecule is COc1cccc(N2C[C@H](C(=O)Nc3cc(Cl)c(Br)cc3C)CC2=O)c1. The molecule has 1 heterocycles. The maximum atomic E-state index is 12.6. The van der Waals surface area contributed by atoms with Crippen LogP contribution in [-0.2, 0) is 9.59 Å². The van der Waals surface area contributed by atoms with Gasteiger partial charge in [-0.1, -0.05) is 17.7 Å². The Kier molecular flexibility index (Phi) is 5.53. The highest BCUT2D eigenvalue weighted by Gasteiger charge is 2.35. The molecule has 0 spiro atoms. The summed E-state index contributed by atoms with van der Waals surface area (Å²) >= 11 is 9.47. The molecule has 2 aromatic carbocycles. The van der Waals surface area contributed by atoms with Gasteiger partial charge in [-0.2, -0.15) is 0 Å². The van der Waals surface area contributed by atoms with Gasteiger partial charge in [0.1, 0.15) is 5.75 Å². The van der Waals surface area contributed by atoms with E-state index in [4.69, 9.17) is 16.3 Å². The fourth-order valence-electron chi connectivity index (χ4n) is 2.93. The van der Waals surface area contributed by atoms with Crippen LogP contribution in [0.15, 0.2) is 40.9 Å². The Balaban J connectivity index is 1.74. The number of rotatable bonds is 4. The monoisotopic (exact) mass is 436 g/mol. The fourth-order valence-corrected chi connectivity index (χ4v) is 3.55. The van der Waals surface area contributed by atoms with Crippen LogP contribution in [0.2, 0.25) is 5.02 Å². The number of nitrogens with one attached hydrogen (secondary N) is 1. The van der Waals surface area contributed by atoms with Crippen molar-refractivity contribution in [2.24, 2.45) is 5.92 Å². The number of benzene rings is 2. The average molecular weight is 438 g/mol. The lowest BCUT2D eigenvalue weighted by molar-refractivity contribution is -0.122. The summed E-state index contributed by atoms with van der Waals surface area (Å²) in [4.78, 5) is 26.6. The van der Waals surface area contributed by atoms with E-state index >= 15 is 0 Å². The molecule has 26 heavy (non-hydrogen) atoms. The Morgan fingerprint density at radius 2 is 2.12 bits per heavy atom. The third kappa shape index (κ3) is 3.86. The molecule has 0 unspecified atom stereocenters. The Morgan fingerprint density at radius 3 is 2.85 bits per heavy atom. The number of hydrogen-bond acceptors (Lipinski definition) is 3. The van der Waals surface area contributed by atoms with Crippen molar-refractivity contribution in [3.63, 3.8) is 0 Å². The average Bonchev–Trinajstić information content (AvgIpc) is 3.01. The molecule has 0 radical (unpaired) electrons. The van der Waals surface area contributed by atoms with Crippen molar-refractivity contribution in [1.29, 1.82) is 0 Å². The lowest BCUT2D eigenvalue weighted by Crippen LogP contribution is -2.28. The molecule has 136 valence electrons. The zero-order chi connectivity index (χ0) is 18.8. The maximum absolute atomic E-state index is 12.6. The number of ether oxygens (including phenoxy) is 1. The molecule has 0 saturated carbocycles. The summed E-state index contributed by atoms with van der Waals surface area (Å²) in [5, 5.41) is 3.41. The molecule has 0 aromatic heterocycles. The van der Waals surface area contributed by atoms with E-state index in [2.05, 4.69) is 21.2 Å². The number of hydrogen-bond donors (Lipinski definition) is 1. The van der Waals surface area contributed by atoms with Gasteiger partial charge in [-0.05, 0) is 52.7 Å². The number of carbonyl (C=O) groups is 2. The first-order valence-electron chi connectivity index (χ1n) is 8.10. The van der Waals surface area contributed by atoms with Crippen LogP contribution in [0.25, 0.3) is 0 Å². The summed E-state index contributed by atoms with van der Waals surface area (Å²) in [6.45, 7) is 2.22. The van der Waals surface area contributed by atoms with Crippen molar-refractivity contribution in [2.45, 2.75) is 13.3 Å². The zero-order valence-electron chi connectivity index (χ0n) is 14.4. The third-order valence-electron chi connectivity index (χ3n) is 4.39. The standard InChI is InChI=1S/C19H18BrClN2O3/c1-11-6-15(20)16(21)9-17(11)22-19(25)12-7-18(24)23(10-12)13-4-3-5-14(8-13)26-2/h3-6,8-9,12H,7,10H2,1-2H3,(H,22,25)/t12-/m1/s1. The number of nitrogens with zero attached hydrogens (tertiary/aromatic N) is 1. The minimum Gasteiger partial charge on any atom is -0.497 e. The number of carbonyl (C=O) groups excluding carboxylic acids is 2. The number of aryl methyl sites for hydroxylation is 1. The molecule has 1 saturated heterocycles. The molecule has 5 nitrogen and oxygen atoms in total. The summed E-state index contributed by atoms with van der Waals surface area (Å²) < 4.78 is 5.98. The van der Waals surface area contributed by atoms with Gasteiger partial charge < -0.3 is 15.0 Å². The van der Waals surface area contributed by atoms with Gasteiger partial charge in [0, 0.05) is 34.9 Å². The first kappa shape index (κ1) is 18.7. The zero-order valence-corrected chi connectivity index (χ0v) is 16.7. The van der Waals surface area contributed by atoms with Crippen LogP contribution in [0, 0.1) is 12.8 Å². The van der Waals surface area contributed by atoms with Gasteiger partial charge in [0.25, 0.3) is 0 Å². The predicted octanol–water partition coefficient (Wildman–Crippen LogP) is 4.41. The van der Waals surface area contributed by atoms with Crippen molar-refractivity contribution in [3.8, 4) is 5.75 Å². The fraction of sp³-hybridized carbons (Fsp3) is 0.263. The maximum Gasteiger partial charge on any atom is 0.229 e. The van der Waals surface area contributed by atoms with Crippen molar-refractivity contribution >= 4 is 50.7 Å². The van der Waals surface area contributed by atoms with E-state index in [-0.39, 0.29) is 18.2 Å². The highest BCUT2D eigenvalue weighted by Crippen LogP contribution is 2.31. The first-order chi connectivity index (χ1) is 12.4. The summed E-state index contributed by atoms with van der Waals surface area (Å²) in [7, 11) is 1.58. The Labute approximate surface area is 165 Å². The minimum absolute atomic E-state index is 0.0797. The summed E-state index contributed by atoms with van der Waals surface area (Å²) in [6, 6.07) is 10.8. The Hall–Kier alpha value is -2.05. The van der Waals surface area contributed by atoms with Crippen LogP contribution < -0.4 is 15.0 Å². The van der Waals surface area contributed by atoms with E-state index in [1.807, 2.05) is 31.2 Å².